The molecule has 2 heterocycles. The van der Waals surface area contributed by atoms with Gasteiger partial charge in [-0.15, -0.1) is 0 Å². The third-order valence-corrected chi connectivity index (χ3v) is 7.21. The molecule has 0 N–H and O–H groups in total. The Kier molecular flexibility index (Phi) is 7.25. The standard InChI is InChI=1S/C30H33FN4O/c1-22-12-13-23(2)26(18-22)28-19-29(25-10-6-7-11-27(25)31)35(32-28)30(36)21-34-16-14-33(15-17-34)20-24-8-4-3-5-9-24/h3-13,18,29H,14-17,19-21H2,1-2H3/t29-/m0/s1. The van der Waals surface area contributed by atoms with E-state index in [-0.39, 0.29) is 18.3 Å². The van der Waals surface area contributed by atoms with Crippen molar-refractivity contribution in [3.63, 3.8) is 0 Å². The molecule has 3 aromatic carbocycles. The fraction of sp³-hybridized carbons (Fsp3) is 0.333. The van der Waals surface area contributed by atoms with Gasteiger partial charge in [-0.25, -0.2) is 9.40 Å². The molecule has 2 aliphatic heterocycles. The van der Waals surface area contributed by atoms with Crippen LogP contribution >= 0.6 is 0 Å². The molecule has 36 heavy (non-hydrogen) atoms. The molecule has 1 fully saturated rings. The number of rotatable bonds is 6. The molecule has 1 amide bonds. The molecule has 2 aliphatic rings. The first-order valence-corrected chi connectivity index (χ1v) is 12.7. The van der Waals surface area contributed by atoms with Crippen molar-refractivity contribution in [2.45, 2.75) is 32.9 Å². The van der Waals surface area contributed by atoms with E-state index in [1.807, 2.05) is 19.1 Å². The van der Waals surface area contributed by atoms with Crippen LogP contribution in [0.2, 0.25) is 0 Å². The van der Waals surface area contributed by atoms with Gasteiger partial charge in [-0.2, -0.15) is 5.10 Å². The molecule has 0 aliphatic carbocycles. The van der Waals surface area contributed by atoms with Crippen molar-refractivity contribution in [3.8, 4) is 0 Å². The van der Waals surface area contributed by atoms with Crippen LogP contribution in [0.1, 0.15) is 40.3 Å². The average molecular weight is 485 g/mol. The topological polar surface area (TPSA) is 39.2 Å². The Morgan fingerprint density at radius 1 is 0.917 bits per heavy atom. The van der Waals surface area contributed by atoms with E-state index in [0.29, 0.717) is 12.0 Å². The van der Waals surface area contributed by atoms with Gasteiger partial charge in [0.05, 0.1) is 18.3 Å². The maximum absolute atomic E-state index is 14.8. The zero-order valence-corrected chi connectivity index (χ0v) is 21.0. The predicted octanol–water partition coefficient (Wildman–Crippen LogP) is 4.94. The Balaban J connectivity index is 1.30. The van der Waals surface area contributed by atoms with Crippen LogP contribution in [0.5, 0.6) is 0 Å². The number of amides is 1. The zero-order valence-electron chi connectivity index (χ0n) is 21.0. The van der Waals surface area contributed by atoms with Crippen LogP contribution < -0.4 is 0 Å². The molecule has 186 valence electrons. The van der Waals surface area contributed by atoms with E-state index >= 15 is 0 Å². The highest BCUT2D eigenvalue weighted by Gasteiger charge is 2.35. The quantitative estimate of drug-likeness (QED) is 0.498. The van der Waals surface area contributed by atoms with Crippen molar-refractivity contribution >= 4 is 11.6 Å². The lowest BCUT2D eigenvalue weighted by molar-refractivity contribution is -0.134. The van der Waals surface area contributed by atoms with Gasteiger partial charge in [0.2, 0.25) is 0 Å². The Labute approximate surface area is 212 Å². The van der Waals surface area contributed by atoms with Gasteiger partial charge < -0.3 is 0 Å². The van der Waals surface area contributed by atoms with Gasteiger partial charge in [-0.3, -0.25) is 14.6 Å². The van der Waals surface area contributed by atoms with E-state index in [4.69, 9.17) is 5.10 Å². The van der Waals surface area contributed by atoms with E-state index in [9.17, 15) is 9.18 Å². The number of benzene rings is 3. The maximum atomic E-state index is 14.8. The summed E-state index contributed by atoms with van der Waals surface area (Å²) in [4.78, 5) is 18.2. The number of carbonyl (C=O) groups excluding carboxylic acids is 1. The number of hydrogen-bond donors (Lipinski definition) is 0. The van der Waals surface area contributed by atoms with Gasteiger partial charge >= 0.3 is 0 Å². The summed E-state index contributed by atoms with van der Waals surface area (Å²) in [6, 6.07) is 23.0. The van der Waals surface area contributed by atoms with Crippen molar-refractivity contribution in [2.24, 2.45) is 5.10 Å². The van der Waals surface area contributed by atoms with Crippen LogP contribution in [0.3, 0.4) is 0 Å². The lowest BCUT2D eigenvalue weighted by Crippen LogP contribution is -2.49. The fourth-order valence-electron chi connectivity index (χ4n) is 5.15. The lowest BCUT2D eigenvalue weighted by Gasteiger charge is -2.35. The van der Waals surface area contributed by atoms with Crippen molar-refractivity contribution in [2.75, 3.05) is 32.7 Å². The number of carbonyl (C=O) groups is 1. The fourth-order valence-corrected chi connectivity index (χ4v) is 5.15. The molecule has 5 rings (SSSR count). The summed E-state index contributed by atoms with van der Waals surface area (Å²) in [7, 11) is 0. The Morgan fingerprint density at radius 3 is 2.36 bits per heavy atom. The molecule has 1 atom stereocenters. The number of hydrogen-bond acceptors (Lipinski definition) is 4. The highest BCUT2D eigenvalue weighted by Crippen LogP contribution is 2.35. The second kappa shape index (κ2) is 10.7. The maximum Gasteiger partial charge on any atom is 0.257 e. The number of hydrazone groups is 1. The molecule has 0 spiro atoms. The SMILES string of the molecule is Cc1ccc(C)c(C2=NN(C(=O)CN3CCN(Cc4ccccc4)CC3)[C@H](c3ccccc3F)C2)c1. The summed E-state index contributed by atoms with van der Waals surface area (Å²) in [5.41, 5.74) is 5.93. The Bertz CT molecular complexity index is 1250. The van der Waals surface area contributed by atoms with Crippen molar-refractivity contribution in [1.29, 1.82) is 0 Å². The normalized spacial score (nSPS) is 18.9. The van der Waals surface area contributed by atoms with E-state index in [1.165, 1.54) is 16.6 Å². The van der Waals surface area contributed by atoms with E-state index in [2.05, 4.69) is 59.2 Å². The van der Waals surface area contributed by atoms with Crippen LogP contribution in [0, 0.1) is 19.7 Å². The first-order valence-electron chi connectivity index (χ1n) is 12.7. The van der Waals surface area contributed by atoms with E-state index in [0.717, 1.165) is 55.1 Å². The van der Waals surface area contributed by atoms with Crippen molar-refractivity contribution in [1.82, 2.24) is 14.8 Å². The average Bonchev–Trinajstić information content (AvgIpc) is 3.33. The number of aryl methyl sites for hydroxylation is 2. The van der Waals surface area contributed by atoms with Crippen molar-refractivity contribution < 1.29 is 9.18 Å². The summed E-state index contributed by atoms with van der Waals surface area (Å²) >= 11 is 0. The number of piperazine rings is 1. The molecule has 0 aromatic heterocycles. The van der Waals surface area contributed by atoms with Crippen LogP contribution in [-0.2, 0) is 11.3 Å². The lowest BCUT2D eigenvalue weighted by atomic mass is 9.95. The minimum Gasteiger partial charge on any atom is -0.297 e. The highest BCUT2D eigenvalue weighted by atomic mass is 19.1. The van der Waals surface area contributed by atoms with Crippen LogP contribution in [0.15, 0.2) is 77.9 Å². The molecule has 0 bridgehead atoms. The predicted molar refractivity (Wildman–Crippen MR) is 141 cm³/mol. The van der Waals surface area contributed by atoms with Gasteiger partial charge in [0.1, 0.15) is 5.82 Å². The largest absolute Gasteiger partial charge is 0.297 e. The minimum atomic E-state index is -0.437. The summed E-state index contributed by atoms with van der Waals surface area (Å²) in [5.74, 6) is -0.382. The number of nitrogens with zero attached hydrogens (tertiary/aromatic N) is 4. The minimum absolute atomic E-state index is 0.0833. The van der Waals surface area contributed by atoms with Crippen LogP contribution in [0.25, 0.3) is 0 Å². The molecule has 3 aromatic rings. The van der Waals surface area contributed by atoms with Crippen LogP contribution in [0.4, 0.5) is 4.39 Å². The van der Waals surface area contributed by atoms with Crippen molar-refractivity contribution in [3.05, 3.63) is 106 Å². The molecule has 1 saturated heterocycles. The smallest absolute Gasteiger partial charge is 0.257 e. The van der Waals surface area contributed by atoms with Gasteiger partial charge in [-0.1, -0.05) is 66.2 Å². The highest BCUT2D eigenvalue weighted by molar-refractivity contribution is 6.04. The van der Waals surface area contributed by atoms with Gasteiger partial charge in [0.15, 0.2) is 0 Å². The summed E-state index contributed by atoms with van der Waals surface area (Å²) in [6.07, 6.45) is 0.502. The van der Waals surface area contributed by atoms with Crippen LogP contribution in [-0.4, -0.2) is 59.2 Å². The Hall–Kier alpha value is -3.35. The zero-order chi connectivity index (χ0) is 25.1. The summed E-state index contributed by atoms with van der Waals surface area (Å²) in [6.45, 7) is 8.78. The first kappa shape index (κ1) is 24.3. The molecule has 0 radical (unpaired) electrons. The molecule has 0 saturated carbocycles. The molecular weight excluding hydrogens is 451 g/mol. The summed E-state index contributed by atoms with van der Waals surface area (Å²) in [5, 5.41) is 6.33. The summed E-state index contributed by atoms with van der Waals surface area (Å²) < 4.78 is 14.8. The second-order valence-electron chi connectivity index (χ2n) is 9.88. The van der Waals surface area contributed by atoms with E-state index < -0.39 is 6.04 Å². The Morgan fingerprint density at radius 2 is 1.61 bits per heavy atom. The number of halogens is 1. The third-order valence-electron chi connectivity index (χ3n) is 7.21. The monoisotopic (exact) mass is 484 g/mol. The van der Waals surface area contributed by atoms with Gasteiger partial charge in [0, 0.05) is 50.3 Å². The third kappa shape index (κ3) is 5.40. The molecular formula is C30H33FN4O. The van der Waals surface area contributed by atoms with Gasteiger partial charge in [0.25, 0.3) is 5.91 Å². The first-order chi connectivity index (χ1) is 17.5. The van der Waals surface area contributed by atoms with E-state index in [1.54, 1.807) is 12.1 Å². The molecule has 5 nitrogen and oxygen atoms in total. The van der Waals surface area contributed by atoms with Gasteiger partial charge in [-0.05, 0) is 37.1 Å². The molecule has 6 heteroatoms. The molecule has 0 unspecified atom stereocenters. The second-order valence-corrected chi connectivity index (χ2v) is 9.88.